The van der Waals surface area contributed by atoms with Gasteiger partial charge in [0, 0.05) is 37.2 Å². The third-order valence-corrected chi connectivity index (χ3v) is 4.39. The fourth-order valence-electron chi connectivity index (χ4n) is 2.98. The topological polar surface area (TPSA) is 106 Å². The summed E-state index contributed by atoms with van der Waals surface area (Å²) in [6.07, 6.45) is -0.220. The molecule has 8 nitrogen and oxygen atoms in total. The second-order valence-electron chi connectivity index (χ2n) is 6.38. The van der Waals surface area contributed by atoms with Crippen LogP contribution in [0, 0.1) is 6.92 Å². The van der Waals surface area contributed by atoms with Gasteiger partial charge >= 0.3 is 12.1 Å². The van der Waals surface area contributed by atoms with Crippen LogP contribution in [0.2, 0.25) is 0 Å². The number of nitrogens with zero attached hydrogens (tertiary/aromatic N) is 4. The van der Waals surface area contributed by atoms with Gasteiger partial charge in [-0.25, -0.2) is 4.79 Å². The largest absolute Gasteiger partial charge is 0.490 e. The van der Waals surface area contributed by atoms with Crippen molar-refractivity contribution in [3.63, 3.8) is 0 Å². The molecule has 0 saturated carbocycles. The summed E-state index contributed by atoms with van der Waals surface area (Å²) in [6, 6.07) is 3.93. The average molecular weight is 409 g/mol. The maximum Gasteiger partial charge on any atom is 0.490 e. The van der Waals surface area contributed by atoms with Crippen LogP contribution in [0.1, 0.15) is 16.8 Å². The molecule has 0 saturated heterocycles. The number of nitrogens with one attached hydrogen (secondary N) is 1. The van der Waals surface area contributed by atoms with E-state index in [-0.39, 0.29) is 0 Å². The van der Waals surface area contributed by atoms with Gasteiger partial charge in [-0.1, -0.05) is 5.16 Å². The van der Waals surface area contributed by atoms with E-state index in [2.05, 4.69) is 20.4 Å². The van der Waals surface area contributed by atoms with Gasteiger partial charge < -0.3 is 19.5 Å². The Labute approximate surface area is 163 Å². The molecule has 0 atom stereocenters. The molecule has 0 radical (unpaired) electrons. The maximum absolute atomic E-state index is 10.6. The molecule has 0 spiro atoms. The van der Waals surface area contributed by atoms with Crippen molar-refractivity contribution in [3.05, 3.63) is 41.3 Å². The van der Waals surface area contributed by atoms with Crippen molar-refractivity contribution < 1.29 is 27.6 Å². The third-order valence-electron chi connectivity index (χ3n) is 4.39. The van der Waals surface area contributed by atoms with Gasteiger partial charge in [-0.15, -0.1) is 0 Å². The molecule has 4 heterocycles. The van der Waals surface area contributed by atoms with E-state index in [9.17, 15) is 13.2 Å². The van der Waals surface area contributed by atoms with Gasteiger partial charge in [-0.3, -0.25) is 4.98 Å². The smallest absolute Gasteiger partial charge is 0.475 e. The lowest BCUT2D eigenvalue weighted by molar-refractivity contribution is -0.192. The zero-order valence-corrected chi connectivity index (χ0v) is 15.6. The van der Waals surface area contributed by atoms with E-state index in [1.807, 2.05) is 43.1 Å². The Morgan fingerprint density at radius 2 is 2.10 bits per heavy atom. The number of alkyl halides is 3. The molecular formula is C18H18F3N5O3. The fourth-order valence-corrected chi connectivity index (χ4v) is 2.98. The highest BCUT2D eigenvalue weighted by atomic mass is 19.4. The predicted octanol–water partition coefficient (Wildman–Crippen LogP) is 2.72. The van der Waals surface area contributed by atoms with E-state index >= 15 is 0 Å². The SMILES string of the molecule is Cc1ncc2c(c1-c1noc(-c3cccn3C)n1)CCNC2.O=C(O)C(F)(F)F. The minimum atomic E-state index is -5.08. The number of aliphatic carboxylic acids is 1. The molecule has 1 aliphatic rings. The molecule has 0 bridgehead atoms. The van der Waals surface area contributed by atoms with Crippen LogP contribution < -0.4 is 5.32 Å². The Morgan fingerprint density at radius 1 is 1.38 bits per heavy atom. The van der Waals surface area contributed by atoms with Crippen LogP contribution in [0.15, 0.2) is 29.0 Å². The second kappa shape index (κ2) is 8.03. The van der Waals surface area contributed by atoms with Crippen molar-refractivity contribution in [2.24, 2.45) is 7.05 Å². The Morgan fingerprint density at radius 3 is 2.72 bits per heavy atom. The number of pyridine rings is 1. The number of rotatable bonds is 2. The summed E-state index contributed by atoms with van der Waals surface area (Å²) < 4.78 is 39.2. The summed E-state index contributed by atoms with van der Waals surface area (Å²) in [6.45, 7) is 3.81. The number of fused-ring (bicyclic) bond motifs is 1. The Balaban J connectivity index is 0.000000298. The minimum absolute atomic E-state index is 0.536. The van der Waals surface area contributed by atoms with Gasteiger partial charge in [0.2, 0.25) is 5.82 Å². The lowest BCUT2D eigenvalue weighted by Gasteiger charge is -2.19. The first-order valence-electron chi connectivity index (χ1n) is 8.62. The first-order chi connectivity index (χ1) is 13.7. The minimum Gasteiger partial charge on any atom is -0.475 e. The molecule has 3 aromatic heterocycles. The van der Waals surface area contributed by atoms with Crippen LogP contribution in [0.5, 0.6) is 0 Å². The molecule has 4 rings (SSSR count). The second-order valence-corrected chi connectivity index (χ2v) is 6.38. The van der Waals surface area contributed by atoms with Crippen molar-refractivity contribution in [1.82, 2.24) is 25.0 Å². The molecule has 29 heavy (non-hydrogen) atoms. The quantitative estimate of drug-likeness (QED) is 0.670. The number of carboxylic acid groups (broad SMARTS) is 1. The van der Waals surface area contributed by atoms with Gasteiger partial charge in [0.25, 0.3) is 5.89 Å². The number of halogens is 3. The van der Waals surface area contributed by atoms with E-state index in [0.717, 1.165) is 36.5 Å². The highest BCUT2D eigenvalue weighted by molar-refractivity contribution is 5.73. The van der Waals surface area contributed by atoms with Crippen molar-refractivity contribution in [2.45, 2.75) is 26.1 Å². The summed E-state index contributed by atoms with van der Waals surface area (Å²) in [5, 5.41) is 14.7. The van der Waals surface area contributed by atoms with E-state index in [1.54, 1.807) is 0 Å². The summed E-state index contributed by atoms with van der Waals surface area (Å²) in [7, 11) is 1.96. The van der Waals surface area contributed by atoms with E-state index in [0.29, 0.717) is 11.7 Å². The molecular weight excluding hydrogens is 391 g/mol. The lowest BCUT2D eigenvalue weighted by atomic mass is 9.95. The average Bonchev–Trinajstić information content (AvgIpc) is 3.30. The molecule has 1 aliphatic heterocycles. The molecule has 0 fully saturated rings. The molecule has 2 N–H and O–H groups in total. The van der Waals surface area contributed by atoms with Crippen LogP contribution in [0.4, 0.5) is 13.2 Å². The summed E-state index contributed by atoms with van der Waals surface area (Å²) >= 11 is 0. The van der Waals surface area contributed by atoms with Gasteiger partial charge in [0.1, 0.15) is 5.69 Å². The number of aromatic nitrogens is 4. The number of hydrogen-bond donors (Lipinski definition) is 2. The van der Waals surface area contributed by atoms with Gasteiger partial charge in [0.15, 0.2) is 0 Å². The highest BCUT2D eigenvalue weighted by Crippen LogP contribution is 2.30. The number of aryl methyl sites for hydroxylation is 2. The van der Waals surface area contributed by atoms with Crippen LogP contribution in [0.3, 0.4) is 0 Å². The number of hydrogen-bond acceptors (Lipinski definition) is 6. The van der Waals surface area contributed by atoms with Gasteiger partial charge in [-0.05, 0) is 43.1 Å². The van der Waals surface area contributed by atoms with Gasteiger partial charge in [-0.2, -0.15) is 18.2 Å². The van der Waals surface area contributed by atoms with Crippen molar-refractivity contribution in [1.29, 1.82) is 0 Å². The zero-order valence-electron chi connectivity index (χ0n) is 15.6. The third kappa shape index (κ3) is 4.45. The molecule has 0 amide bonds. The van der Waals surface area contributed by atoms with E-state index in [4.69, 9.17) is 14.4 Å². The van der Waals surface area contributed by atoms with Crippen molar-refractivity contribution in [2.75, 3.05) is 6.54 Å². The van der Waals surface area contributed by atoms with Crippen molar-refractivity contribution in [3.8, 4) is 23.0 Å². The monoisotopic (exact) mass is 409 g/mol. The number of carboxylic acids is 1. The van der Waals surface area contributed by atoms with Crippen LogP contribution in [-0.2, 0) is 24.8 Å². The first-order valence-corrected chi connectivity index (χ1v) is 8.62. The number of carbonyl (C=O) groups is 1. The first kappa shape index (κ1) is 20.5. The Hall–Kier alpha value is -3.21. The molecule has 154 valence electrons. The molecule has 0 unspecified atom stereocenters. The molecule has 3 aromatic rings. The van der Waals surface area contributed by atoms with Crippen molar-refractivity contribution >= 4 is 5.97 Å². The highest BCUT2D eigenvalue weighted by Gasteiger charge is 2.38. The molecule has 11 heteroatoms. The van der Waals surface area contributed by atoms with Crippen LogP contribution in [-0.4, -0.2) is 43.5 Å². The zero-order chi connectivity index (χ0) is 21.2. The molecule has 0 aromatic carbocycles. The fraction of sp³-hybridized carbons (Fsp3) is 0.333. The summed E-state index contributed by atoms with van der Waals surface area (Å²) in [4.78, 5) is 18.0. The predicted molar refractivity (Wildman–Crippen MR) is 95.8 cm³/mol. The normalized spacial score (nSPS) is 13.4. The summed E-state index contributed by atoms with van der Waals surface area (Å²) in [5.74, 6) is -1.60. The Bertz CT molecular complexity index is 1030. The van der Waals surface area contributed by atoms with Crippen LogP contribution >= 0.6 is 0 Å². The summed E-state index contributed by atoms with van der Waals surface area (Å²) in [5.41, 5.74) is 5.38. The van der Waals surface area contributed by atoms with E-state index < -0.39 is 12.1 Å². The maximum atomic E-state index is 10.6. The molecule has 0 aliphatic carbocycles. The Kier molecular flexibility index (Phi) is 5.69. The van der Waals surface area contributed by atoms with Gasteiger partial charge in [0.05, 0.1) is 0 Å². The lowest BCUT2D eigenvalue weighted by Crippen LogP contribution is -2.24. The standard InChI is InChI=1S/C16H17N5O.C2HF3O2/c1-10-14(12-5-6-17-8-11(12)9-18-10)15-19-16(22-20-15)13-4-3-7-21(13)2;3-2(4,5)1(6)7/h3-4,7,9,17H,5-6,8H2,1-2H3;(H,6,7). The van der Waals surface area contributed by atoms with Crippen LogP contribution in [0.25, 0.3) is 23.0 Å². The van der Waals surface area contributed by atoms with E-state index in [1.165, 1.54) is 11.1 Å².